The lowest BCUT2D eigenvalue weighted by Gasteiger charge is -2.30. The van der Waals surface area contributed by atoms with Gasteiger partial charge in [-0.15, -0.1) is 12.4 Å². The molecule has 2 aromatic rings. The number of aryl methyl sites for hydroxylation is 2. The predicted molar refractivity (Wildman–Crippen MR) is 121 cm³/mol. The number of fused-ring (bicyclic) bond motifs is 1. The van der Waals surface area contributed by atoms with E-state index < -0.39 is 36.4 Å². The molecule has 2 aromatic carbocycles. The average Bonchev–Trinajstić information content (AvgIpc) is 2.75. The highest BCUT2D eigenvalue weighted by atomic mass is 35.5. The molecule has 0 fully saturated rings. The maximum Gasteiger partial charge on any atom is 0.251 e. The van der Waals surface area contributed by atoms with E-state index in [4.69, 9.17) is 0 Å². The van der Waals surface area contributed by atoms with Crippen molar-refractivity contribution in [1.29, 1.82) is 0 Å². The van der Waals surface area contributed by atoms with Crippen molar-refractivity contribution in [2.45, 2.75) is 57.2 Å². The fraction of sp³-hybridized carbons (Fsp3) is 0.458. The number of rotatable bonds is 9. The van der Waals surface area contributed by atoms with Crippen LogP contribution < -0.4 is 10.6 Å². The van der Waals surface area contributed by atoms with E-state index in [1.807, 2.05) is 0 Å². The molecule has 0 saturated heterocycles. The number of benzene rings is 2. The third kappa shape index (κ3) is 6.95. The number of amides is 1. The van der Waals surface area contributed by atoms with Crippen molar-refractivity contribution in [3.8, 4) is 0 Å². The van der Waals surface area contributed by atoms with Crippen LogP contribution in [0.2, 0.25) is 0 Å². The van der Waals surface area contributed by atoms with Crippen molar-refractivity contribution >= 4 is 18.3 Å². The van der Waals surface area contributed by atoms with Crippen LogP contribution in [0, 0.1) is 11.6 Å². The smallest absolute Gasteiger partial charge is 0.251 e. The summed E-state index contributed by atoms with van der Waals surface area (Å²) in [6.07, 6.45) is 2.80. The summed E-state index contributed by atoms with van der Waals surface area (Å²) in [5.41, 5.74) is 4.02. The van der Waals surface area contributed by atoms with Crippen LogP contribution in [0.5, 0.6) is 0 Å². The minimum absolute atomic E-state index is 0. The highest BCUT2D eigenvalue weighted by Gasteiger charge is 2.25. The van der Waals surface area contributed by atoms with Crippen LogP contribution in [0.1, 0.15) is 48.1 Å². The van der Waals surface area contributed by atoms with Crippen LogP contribution in [0.15, 0.2) is 36.4 Å². The molecule has 4 nitrogen and oxygen atoms in total. The lowest BCUT2D eigenvalue weighted by Crippen LogP contribution is -2.49. The Kier molecular flexibility index (Phi) is 10.0. The first-order valence-corrected chi connectivity index (χ1v) is 10.7. The van der Waals surface area contributed by atoms with E-state index in [2.05, 4.69) is 35.8 Å². The minimum atomic E-state index is -1.23. The number of halogens is 4. The zero-order valence-electron chi connectivity index (χ0n) is 18.0. The van der Waals surface area contributed by atoms with Gasteiger partial charge in [-0.1, -0.05) is 25.1 Å². The van der Waals surface area contributed by atoms with Crippen molar-refractivity contribution in [2.24, 2.45) is 0 Å². The summed E-state index contributed by atoms with van der Waals surface area (Å²) in [6.45, 7) is 1.02. The van der Waals surface area contributed by atoms with Crippen LogP contribution in [-0.2, 0) is 24.1 Å². The summed E-state index contributed by atoms with van der Waals surface area (Å²) < 4.78 is 39.8. The van der Waals surface area contributed by atoms with E-state index in [0.29, 0.717) is 0 Å². The van der Waals surface area contributed by atoms with Gasteiger partial charge >= 0.3 is 0 Å². The molecular formula is C24H30ClF3N2O2. The van der Waals surface area contributed by atoms with E-state index in [1.165, 1.54) is 16.7 Å². The van der Waals surface area contributed by atoms with Crippen LogP contribution in [0.25, 0.3) is 0 Å². The quantitative estimate of drug-likeness (QED) is 0.519. The second-order valence-electron chi connectivity index (χ2n) is 8.10. The normalized spacial score (nSPS) is 17.1. The fourth-order valence-corrected chi connectivity index (χ4v) is 4.20. The molecule has 0 aliphatic heterocycles. The number of nitrogens with one attached hydrogen (secondary N) is 2. The van der Waals surface area contributed by atoms with Gasteiger partial charge in [-0.25, -0.2) is 13.2 Å². The topological polar surface area (TPSA) is 61.4 Å². The van der Waals surface area contributed by atoms with Gasteiger partial charge in [-0.3, -0.25) is 4.79 Å². The molecule has 1 amide bonds. The van der Waals surface area contributed by atoms with E-state index in [-0.39, 0.29) is 37.0 Å². The fourth-order valence-electron chi connectivity index (χ4n) is 4.20. The summed E-state index contributed by atoms with van der Waals surface area (Å²) in [4.78, 5) is 11.6. The Balaban J connectivity index is 0.00000363. The summed E-state index contributed by atoms with van der Waals surface area (Å²) >= 11 is 0. The van der Waals surface area contributed by atoms with Crippen LogP contribution in [-0.4, -0.2) is 36.4 Å². The zero-order valence-corrected chi connectivity index (χ0v) is 18.9. The minimum Gasteiger partial charge on any atom is -0.390 e. The Morgan fingerprint density at radius 3 is 2.53 bits per heavy atom. The number of carbonyl (C=O) groups is 1. The molecule has 0 aromatic heterocycles. The molecule has 3 rings (SSSR count). The van der Waals surface area contributed by atoms with Crippen LogP contribution >= 0.6 is 12.4 Å². The molecule has 1 aliphatic rings. The first-order valence-electron chi connectivity index (χ1n) is 10.7. The lowest BCUT2D eigenvalue weighted by atomic mass is 9.86. The molecule has 8 heteroatoms. The van der Waals surface area contributed by atoms with E-state index in [0.717, 1.165) is 43.9 Å². The Morgan fingerprint density at radius 2 is 1.88 bits per heavy atom. The van der Waals surface area contributed by atoms with Gasteiger partial charge in [-0.2, -0.15) is 0 Å². The van der Waals surface area contributed by atoms with Crippen molar-refractivity contribution < 1.29 is 23.1 Å². The van der Waals surface area contributed by atoms with Crippen molar-refractivity contribution in [1.82, 2.24) is 10.6 Å². The van der Waals surface area contributed by atoms with Gasteiger partial charge in [0.1, 0.15) is 11.6 Å². The summed E-state index contributed by atoms with van der Waals surface area (Å²) in [5.74, 6) is -2.37. The van der Waals surface area contributed by atoms with Crippen molar-refractivity contribution in [3.63, 3.8) is 0 Å². The van der Waals surface area contributed by atoms with E-state index in [1.54, 1.807) is 0 Å². The van der Waals surface area contributed by atoms with Gasteiger partial charge < -0.3 is 15.7 Å². The summed E-state index contributed by atoms with van der Waals surface area (Å²) in [7, 11) is 0. The zero-order chi connectivity index (χ0) is 22.4. The predicted octanol–water partition coefficient (Wildman–Crippen LogP) is 3.97. The number of hydrogen-bond acceptors (Lipinski definition) is 3. The van der Waals surface area contributed by atoms with Gasteiger partial charge in [0.25, 0.3) is 5.91 Å². The molecule has 176 valence electrons. The monoisotopic (exact) mass is 470 g/mol. The maximum atomic E-state index is 13.5. The Bertz CT molecular complexity index is 893. The third-order valence-electron chi connectivity index (χ3n) is 5.82. The average molecular weight is 471 g/mol. The number of hydrogen-bond donors (Lipinski definition) is 3. The molecule has 0 bridgehead atoms. The standard InChI is InChI=1S/C24H29F3N2O2.ClH/c1-2-15-6-7-17-4-3-5-21(20(17)10-15)28-14-23(30)22(29-24(31)13-25)11-16-8-18(26)12-19(27)9-16;/h6-10,12,21-23,28,30H,2-5,11,13-14H2,1H3,(H,29,31);1H/t21-,22-,23+;/m0./s1. The highest BCUT2D eigenvalue weighted by Crippen LogP contribution is 2.30. The second-order valence-corrected chi connectivity index (χ2v) is 8.10. The van der Waals surface area contributed by atoms with Crippen molar-refractivity contribution in [3.05, 3.63) is 70.3 Å². The molecule has 0 radical (unpaired) electrons. The van der Waals surface area contributed by atoms with E-state index in [9.17, 15) is 23.1 Å². The Hall–Kier alpha value is -2.09. The SMILES string of the molecule is CCc1ccc2c(c1)[C@@H](NC[C@@H](O)[C@H](Cc1cc(F)cc(F)c1)NC(=O)CF)CCC2.Cl. The molecular weight excluding hydrogens is 441 g/mol. The highest BCUT2D eigenvalue weighted by molar-refractivity contribution is 5.85. The number of alkyl halides is 1. The number of aliphatic hydroxyl groups is 1. The first kappa shape index (κ1) is 26.2. The third-order valence-corrected chi connectivity index (χ3v) is 5.82. The summed E-state index contributed by atoms with van der Waals surface area (Å²) in [5, 5.41) is 16.5. The van der Waals surface area contributed by atoms with Gasteiger partial charge in [0.2, 0.25) is 0 Å². The molecule has 0 unspecified atom stereocenters. The largest absolute Gasteiger partial charge is 0.390 e. The van der Waals surface area contributed by atoms with Crippen molar-refractivity contribution in [2.75, 3.05) is 13.2 Å². The molecule has 3 N–H and O–H groups in total. The Labute approximate surface area is 193 Å². The van der Waals surface area contributed by atoms with Gasteiger partial charge in [0.05, 0.1) is 12.1 Å². The number of carbonyl (C=O) groups excluding carboxylic acids is 1. The second kappa shape index (κ2) is 12.2. The number of aliphatic hydroxyl groups excluding tert-OH is 1. The van der Waals surface area contributed by atoms with Gasteiger partial charge in [0.15, 0.2) is 6.67 Å². The molecule has 0 heterocycles. The molecule has 1 aliphatic carbocycles. The first-order chi connectivity index (χ1) is 14.9. The maximum absolute atomic E-state index is 13.5. The molecule has 0 saturated carbocycles. The molecule has 3 atom stereocenters. The lowest BCUT2D eigenvalue weighted by molar-refractivity contribution is -0.123. The van der Waals surface area contributed by atoms with Gasteiger partial charge in [0, 0.05) is 18.7 Å². The summed E-state index contributed by atoms with van der Waals surface area (Å²) in [6, 6.07) is 8.69. The van der Waals surface area contributed by atoms with Crippen LogP contribution in [0.4, 0.5) is 13.2 Å². The Morgan fingerprint density at radius 1 is 1.16 bits per heavy atom. The van der Waals surface area contributed by atoms with Gasteiger partial charge in [-0.05, 0) is 66.5 Å². The van der Waals surface area contributed by atoms with Crippen LogP contribution in [0.3, 0.4) is 0 Å². The molecule has 32 heavy (non-hydrogen) atoms. The van der Waals surface area contributed by atoms with E-state index >= 15 is 0 Å². The molecule has 0 spiro atoms.